The van der Waals surface area contributed by atoms with Gasteiger partial charge in [0.1, 0.15) is 11.9 Å². The highest BCUT2D eigenvalue weighted by Crippen LogP contribution is 2.49. The fourth-order valence-electron chi connectivity index (χ4n) is 3.35. The van der Waals surface area contributed by atoms with E-state index in [1.807, 2.05) is 0 Å². The van der Waals surface area contributed by atoms with Crippen molar-refractivity contribution in [3.05, 3.63) is 18.1 Å². The predicted molar refractivity (Wildman–Crippen MR) is 70.7 cm³/mol. The van der Waals surface area contributed by atoms with Crippen molar-refractivity contribution in [2.75, 3.05) is 25.2 Å². The molecule has 5 nitrogen and oxygen atoms in total. The summed E-state index contributed by atoms with van der Waals surface area (Å²) >= 11 is 0. The summed E-state index contributed by atoms with van der Waals surface area (Å²) in [5, 5.41) is 8.96. The molecule has 1 saturated carbocycles. The minimum Gasteiger partial charge on any atom is -0.382 e. The number of anilines is 1. The molecule has 19 heavy (non-hydrogen) atoms. The fourth-order valence-corrected chi connectivity index (χ4v) is 3.35. The van der Waals surface area contributed by atoms with E-state index in [-0.39, 0.29) is 5.54 Å². The maximum absolute atomic E-state index is 8.96. The number of aromatic nitrogens is 2. The topological polar surface area (TPSA) is 62.0 Å². The Hall–Kier alpha value is -1.67. The van der Waals surface area contributed by atoms with E-state index in [1.165, 1.54) is 19.0 Å². The molecule has 0 radical (unpaired) electrons. The van der Waals surface area contributed by atoms with Gasteiger partial charge in [0.05, 0.1) is 24.5 Å². The van der Waals surface area contributed by atoms with Gasteiger partial charge < -0.3 is 9.64 Å². The van der Waals surface area contributed by atoms with Crippen LogP contribution in [0, 0.1) is 17.2 Å². The predicted octanol–water partition coefficient (Wildman–Crippen LogP) is 1.74. The molecule has 2 fully saturated rings. The molecule has 0 N–H and O–H groups in total. The molecule has 1 atom stereocenters. The number of hydrogen-bond donors (Lipinski definition) is 0. The van der Waals surface area contributed by atoms with Crippen LogP contribution in [-0.4, -0.2) is 35.8 Å². The fraction of sp³-hybridized carbons (Fsp3) is 0.643. The lowest BCUT2D eigenvalue weighted by Crippen LogP contribution is -2.50. The van der Waals surface area contributed by atoms with Gasteiger partial charge in [-0.05, 0) is 31.6 Å². The van der Waals surface area contributed by atoms with Crippen molar-refractivity contribution < 1.29 is 4.74 Å². The zero-order valence-electron chi connectivity index (χ0n) is 11.2. The summed E-state index contributed by atoms with van der Waals surface area (Å²) in [7, 11) is 1.76. The Bertz CT molecular complexity index is 508. The molecule has 0 amide bonds. The Kier molecular flexibility index (Phi) is 3.11. The Labute approximate surface area is 113 Å². The van der Waals surface area contributed by atoms with Crippen molar-refractivity contribution >= 4 is 5.82 Å². The molecular weight excluding hydrogens is 240 g/mol. The van der Waals surface area contributed by atoms with Gasteiger partial charge in [0, 0.05) is 13.7 Å². The van der Waals surface area contributed by atoms with Crippen LogP contribution in [0.1, 0.15) is 31.4 Å². The van der Waals surface area contributed by atoms with E-state index in [9.17, 15) is 0 Å². The third-order valence-electron chi connectivity index (χ3n) is 4.27. The smallest absolute Gasteiger partial charge is 0.161 e. The molecule has 2 heterocycles. The molecule has 1 aromatic heterocycles. The second kappa shape index (κ2) is 4.78. The first-order valence-corrected chi connectivity index (χ1v) is 6.79. The van der Waals surface area contributed by atoms with Gasteiger partial charge in [0.25, 0.3) is 0 Å². The lowest BCUT2D eigenvalue weighted by molar-refractivity contribution is 0.121. The van der Waals surface area contributed by atoms with E-state index < -0.39 is 0 Å². The molecule has 1 aliphatic heterocycles. The lowest BCUT2D eigenvalue weighted by atomic mass is 9.91. The van der Waals surface area contributed by atoms with Gasteiger partial charge >= 0.3 is 0 Å². The highest BCUT2D eigenvalue weighted by molar-refractivity contribution is 5.45. The molecule has 1 aromatic rings. The quantitative estimate of drug-likeness (QED) is 0.823. The van der Waals surface area contributed by atoms with Crippen LogP contribution in [0.4, 0.5) is 5.82 Å². The molecule has 1 aliphatic carbocycles. The van der Waals surface area contributed by atoms with Crippen LogP contribution in [0.5, 0.6) is 0 Å². The van der Waals surface area contributed by atoms with Crippen LogP contribution in [0.3, 0.4) is 0 Å². The zero-order valence-corrected chi connectivity index (χ0v) is 11.2. The maximum atomic E-state index is 8.96. The normalized spacial score (nSPS) is 26.4. The molecular formula is C14H18N4O. The monoisotopic (exact) mass is 258 g/mol. The average molecular weight is 258 g/mol. The number of hydrogen-bond acceptors (Lipinski definition) is 5. The Morgan fingerprint density at radius 2 is 2.37 bits per heavy atom. The summed E-state index contributed by atoms with van der Waals surface area (Å²) in [6, 6.07) is 2.06. The largest absolute Gasteiger partial charge is 0.382 e. The first-order valence-electron chi connectivity index (χ1n) is 6.79. The number of methoxy groups -OCH3 is 1. The number of rotatable bonds is 4. The average Bonchev–Trinajstić information content (AvgIpc) is 3.22. The number of nitrogens with zero attached hydrogens (tertiary/aromatic N) is 4. The second-order valence-electron chi connectivity index (χ2n) is 5.44. The Balaban J connectivity index is 1.95. The van der Waals surface area contributed by atoms with E-state index in [0.29, 0.717) is 11.6 Å². The van der Waals surface area contributed by atoms with Gasteiger partial charge in [-0.3, -0.25) is 4.98 Å². The van der Waals surface area contributed by atoms with E-state index >= 15 is 0 Å². The summed E-state index contributed by atoms with van der Waals surface area (Å²) in [5.74, 6) is 1.52. The molecule has 3 rings (SSSR count). The molecule has 1 unspecified atom stereocenters. The van der Waals surface area contributed by atoms with Gasteiger partial charge in [-0.2, -0.15) is 5.26 Å². The summed E-state index contributed by atoms with van der Waals surface area (Å²) in [6.45, 7) is 1.71. The minimum atomic E-state index is 0.0670. The van der Waals surface area contributed by atoms with Crippen LogP contribution in [-0.2, 0) is 4.74 Å². The van der Waals surface area contributed by atoms with Gasteiger partial charge in [-0.1, -0.05) is 0 Å². The Morgan fingerprint density at radius 3 is 3.05 bits per heavy atom. The number of nitriles is 1. The van der Waals surface area contributed by atoms with Crippen LogP contribution >= 0.6 is 0 Å². The highest BCUT2D eigenvalue weighted by atomic mass is 16.5. The van der Waals surface area contributed by atoms with Crippen LogP contribution in [0.15, 0.2) is 12.4 Å². The molecule has 0 bridgehead atoms. The highest BCUT2D eigenvalue weighted by Gasteiger charge is 2.52. The first kappa shape index (κ1) is 12.4. The lowest BCUT2D eigenvalue weighted by Gasteiger charge is -2.39. The summed E-state index contributed by atoms with van der Waals surface area (Å²) in [4.78, 5) is 10.9. The first-order chi connectivity index (χ1) is 9.30. The van der Waals surface area contributed by atoms with E-state index in [2.05, 4.69) is 20.9 Å². The standard InChI is InChI=1S/C14H18N4O/c1-19-10-14(11-3-4-11)5-2-6-18(14)13-9-16-8-12(7-15)17-13/h8-9,11H,2-6,10H2,1H3. The SMILES string of the molecule is COCC1(C2CC2)CCCN1c1cncc(C#N)n1. The zero-order chi connectivity index (χ0) is 13.3. The van der Waals surface area contributed by atoms with Crippen molar-refractivity contribution in [2.24, 2.45) is 5.92 Å². The Morgan fingerprint density at radius 1 is 1.53 bits per heavy atom. The van der Waals surface area contributed by atoms with Gasteiger partial charge in [0.15, 0.2) is 5.69 Å². The van der Waals surface area contributed by atoms with Crippen molar-refractivity contribution in [3.8, 4) is 6.07 Å². The van der Waals surface area contributed by atoms with Crippen LogP contribution in [0.25, 0.3) is 0 Å². The van der Waals surface area contributed by atoms with Crippen LogP contribution in [0.2, 0.25) is 0 Å². The molecule has 5 heteroatoms. The van der Waals surface area contributed by atoms with Gasteiger partial charge in [0.2, 0.25) is 0 Å². The third-order valence-corrected chi connectivity index (χ3v) is 4.27. The van der Waals surface area contributed by atoms with E-state index in [1.54, 1.807) is 13.3 Å². The molecule has 2 aliphatic rings. The maximum Gasteiger partial charge on any atom is 0.161 e. The summed E-state index contributed by atoms with van der Waals surface area (Å²) in [6.07, 6.45) is 8.10. The summed E-state index contributed by atoms with van der Waals surface area (Å²) < 4.78 is 5.48. The third kappa shape index (κ3) is 2.06. The van der Waals surface area contributed by atoms with Crippen molar-refractivity contribution in [3.63, 3.8) is 0 Å². The van der Waals surface area contributed by atoms with E-state index in [4.69, 9.17) is 10.00 Å². The van der Waals surface area contributed by atoms with Gasteiger partial charge in [-0.25, -0.2) is 4.98 Å². The van der Waals surface area contributed by atoms with E-state index in [0.717, 1.165) is 31.8 Å². The molecule has 1 saturated heterocycles. The molecule has 0 aromatic carbocycles. The second-order valence-corrected chi connectivity index (χ2v) is 5.44. The van der Waals surface area contributed by atoms with Crippen molar-refractivity contribution in [1.82, 2.24) is 9.97 Å². The van der Waals surface area contributed by atoms with Gasteiger partial charge in [-0.15, -0.1) is 0 Å². The van der Waals surface area contributed by atoms with Crippen LogP contribution < -0.4 is 4.90 Å². The minimum absolute atomic E-state index is 0.0670. The summed E-state index contributed by atoms with van der Waals surface area (Å²) in [5.41, 5.74) is 0.448. The molecule has 100 valence electrons. The van der Waals surface area contributed by atoms with Crippen molar-refractivity contribution in [1.29, 1.82) is 5.26 Å². The van der Waals surface area contributed by atoms with Crippen molar-refractivity contribution in [2.45, 2.75) is 31.2 Å². The molecule has 0 spiro atoms. The number of ether oxygens (including phenoxy) is 1.